The van der Waals surface area contributed by atoms with Crippen LogP contribution < -0.4 is 16.0 Å². The first kappa shape index (κ1) is 13.9. The van der Waals surface area contributed by atoms with E-state index in [-0.39, 0.29) is 17.9 Å². The summed E-state index contributed by atoms with van der Waals surface area (Å²) >= 11 is 1.77. The third-order valence-electron chi connectivity index (χ3n) is 2.69. The molecule has 1 fully saturated rings. The number of benzene rings is 1. The number of thioether (sulfide) groups is 1. The standard InChI is InChI=1S/C13H17N3O2S/c1-9(17)15-10-3-2-4-11(7-10)16-13(18)12-8-19-6-5-14-12/h2-4,7,12,14H,5-6,8H2,1H3,(H,15,17)(H,16,18). The van der Waals surface area contributed by atoms with Crippen LogP contribution in [0, 0.1) is 0 Å². The molecule has 2 amide bonds. The second-order valence-corrected chi connectivity index (χ2v) is 5.48. The van der Waals surface area contributed by atoms with E-state index in [1.165, 1.54) is 6.92 Å². The molecule has 0 saturated carbocycles. The summed E-state index contributed by atoms with van der Waals surface area (Å²) in [5, 5.41) is 8.73. The van der Waals surface area contributed by atoms with Crippen molar-refractivity contribution in [1.29, 1.82) is 0 Å². The van der Waals surface area contributed by atoms with Crippen LogP contribution in [-0.2, 0) is 9.59 Å². The minimum atomic E-state index is -0.150. The number of carbonyl (C=O) groups is 2. The lowest BCUT2D eigenvalue weighted by molar-refractivity contribution is -0.117. The molecule has 0 bridgehead atoms. The molecule has 1 atom stereocenters. The predicted molar refractivity (Wildman–Crippen MR) is 78.5 cm³/mol. The highest BCUT2D eigenvalue weighted by molar-refractivity contribution is 7.99. The Balaban J connectivity index is 1.97. The van der Waals surface area contributed by atoms with Crippen molar-refractivity contribution in [3.05, 3.63) is 24.3 Å². The van der Waals surface area contributed by atoms with Crippen molar-refractivity contribution in [2.24, 2.45) is 0 Å². The van der Waals surface area contributed by atoms with E-state index in [2.05, 4.69) is 16.0 Å². The zero-order chi connectivity index (χ0) is 13.7. The van der Waals surface area contributed by atoms with Gasteiger partial charge in [-0.1, -0.05) is 6.07 Å². The lowest BCUT2D eigenvalue weighted by atomic mass is 10.2. The first-order valence-corrected chi connectivity index (χ1v) is 7.30. The summed E-state index contributed by atoms with van der Waals surface area (Å²) < 4.78 is 0. The molecule has 0 spiro atoms. The average molecular weight is 279 g/mol. The second-order valence-electron chi connectivity index (χ2n) is 4.33. The molecular weight excluding hydrogens is 262 g/mol. The normalized spacial score (nSPS) is 18.7. The highest BCUT2D eigenvalue weighted by Gasteiger charge is 2.20. The third-order valence-corrected chi connectivity index (χ3v) is 3.75. The van der Waals surface area contributed by atoms with E-state index in [4.69, 9.17) is 0 Å². The smallest absolute Gasteiger partial charge is 0.242 e. The molecule has 1 aromatic rings. The van der Waals surface area contributed by atoms with Crippen LogP contribution in [0.3, 0.4) is 0 Å². The van der Waals surface area contributed by atoms with E-state index in [1.807, 2.05) is 0 Å². The van der Waals surface area contributed by atoms with Crippen molar-refractivity contribution in [1.82, 2.24) is 5.32 Å². The number of rotatable bonds is 3. The highest BCUT2D eigenvalue weighted by atomic mass is 32.2. The van der Waals surface area contributed by atoms with Gasteiger partial charge in [-0.05, 0) is 18.2 Å². The van der Waals surface area contributed by atoms with Gasteiger partial charge < -0.3 is 16.0 Å². The molecular formula is C13H17N3O2S. The number of anilines is 2. The Labute approximate surface area is 116 Å². The fourth-order valence-electron chi connectivity index (χ4n) is 1.84. The summed E-state index contributed by atoms with van der Waals surface area (Å²) in [5.74, 6) is 1.67. The van der Waals surface area contributed by atoms with Crippen molar-refractivity contribution in [3.63, 3.8) is 0 Å². The van der Waals surface area contributed by atoms with Gasteiger partial charge >= 0.3 is 0 Å². The van der Waals surface area contributed by atoms with E-state index in [1.54, 1.807) is 36.0 Å². The van der Waals surface area contributed by atoms with Crippen LogP contribution >= 0.6 is 11.8 Å². The Bertz CT molecular complexity index is 473. The SMILES string of the molecule is CC(=O)Nc1cccc(NC(=O)C2CSCCN2)c1. The maximum atomic E-state index is 12.0. The van der Waals surface area contributed by atoms with Crippen LogP contribution in [0.1, 0.15) is 6.92 Å². The van der Waals surface area contributed by atoms with Gasteiger partial charge in [0.2, 0.25) is 11.8 Å². The van der Waals surface area contributed by atoms with Crippen LogP contribution in [-0.4, -0.2) is 35.9 Å². The molecule has 1 unspecified atom stereocenters. The maximum absolute atomic E-state index is 12.0. The Kier molecular flexibility index (Phi) is 4.81. The van der Waals surface area contributed by atoms with Crippen LogP contribution in [0.5, 0.6) is 0 Å². The zero-order valence-electron chi connectivity index (χ0n) is 10.7. The number of nitrogens with one attached hydrogen (secondary N) is 3. The number of hydrogen-bond acceptors (Lipinski definition) is 4. The van der Waals surface area contributed by atoms with Crippen molar-refractivity contribution >= 4 is 35.0 Å². The molecule has 1 aromatic carbocycles. The van der Waals surface area contributed by atoms with Gasteiger partial charge in [0.15, 0.2) is 0 Å². The average Bonchev–Trinajstić information content (AvgIpc) is 2.39. The number of amides is 2. The summed E-state index contributed by atoms with van der Waals surface area (Å²) in [7, 11) is 0. The molecule has 102 valence electrons. The maximum Gasteiger partial charge on any atom is 0.242 e. The molecule has 1 aliphatic heterocycles. The molecule has 3 N–H and O–H groups in total. The summed E-state index contributed by atoms with van der Waals surface area (Å²) in [4.78, 5) is 23.0. The molecule has 1 aliphatic rings. The summed E-state index contributed by atoms with van der Waals surface area (Å²) in [6.45, 7) is 2.31. The lowest BCUT2D eigenvalue weighted by Gasteiger charge is -2.22. The molecule has 1 saturated heterocycles. The molecule has 19 heavy (non-hydrogen) atoms. The molecule has 0 radical (unpaired) electrons. The van der Waals surface area contributed by atoms with Crippen molar-refractivity contribution in [2.75, 3.05) is 28.7 Å². The monoisotopic (exact) mass is 279 g/mol. The first-order valence-electron chi connectivity index (χ1n) is 6.15. The first-order chi connectivity index (χ1) is 9.15. The Morgan fingerprint density at radius 1 is 1.32 bits per heavy atom. The van der Waals surface area contributed by atoms with Crippen LogP contribution in [0.15, 0.2) is 24.3 Å². The van der Waals surface area contributed by atoms with E-state index in [9.17, 15) is 9.59 Å². The van der Waals surface area contributed by atoms with Crippen LogP contribution in [0.2, 0.25) is 0 Å². The lowest BCUT2D eigenvalue weighted by Crippen LogP contribution is -2.46. The topological polar surface area (TPSA) is 70.2 Å². The molecule has 6 heteroatoms. The minimum Gasteiger partial charge on any atom is -0.326 e. The number of carbonyl (C=O) groups excluding carboxylic acids is 2. The molecule has 0 aliphatic carbocycles. The van der Waals surface area contributed by atoms with Gasteiger partial charge in [-0.15, -0.1) is 0 Å². The summed E-state index contributed by atoms with van der Waals surface area (Å²) in [5.41, 5.74) is 1.37. The second kappa shape index (κ2) is 6.58. The van der Waals surface area contributed by atoms with E-state index in [0.717, 1.165) is 18.1 Å². The summed E-state index contributed by atoms with van der Waals surface area (Å²) in [6, 6.07) is 6.98. The van der Waals surface area contributed by atoms with Crippen molar-refractivity contribution < 1.29 is 9.59 Å². The van der Waals surface area contributed by atoms with Crippen molar-refractivity contribution in [2.45, 2.75) is 13.0 Å². The molecule has 2 rings (SSSR count). The Morgan fingerprint density at radius 3 is 2.68 bits per heavy atom. The minimum absolute atomic E-state index is 0.0350. The van der Waals surface area contributed by atoms with Gasteiger partial charge in [0, 0.05) is 36.3 Å². The number of hydrogen-bond donors (Lipinski definition) is 3. The van der Waals surface area contributed by atoms with E-state index >= 15 is 0 Å². The highest BCUT2D eigenvalue weighted by Crippen LogP contribution is 2.16. The molecule has 5 nitrogen and oxygen atoms in total. The van der Waals surface area contributed by atoms with Gasteiger partial charge in [0.05, 0.1) is 6.04 Å². The van der Waals surface area contributed by atoms with Gasteiger partial charge in [0.1, 0.15) is 0 Å². The third kappa shape index (κ3) is 4.25. The van der Waals surface area contributed by atoms with Crippen LogP contribution in [0.25, 0.3) is 0 Å². The van der Waals surface area contributed by atoms with E-state index < -0.39 is 0 Å². The fraction of sp³-hybridized carbons (Fsp3) is 0.385. The Hall–Kier alpha value is -1.53. The Morgan fingerprint density at radius 2 is 2.05 bits per heavy atom. The molecule has 1 heterocycles. The van der Waals surface area contributed by atoms with Gasteiger partial charge in [-0.3, -0.25) is 9.59 Å². The van der Waals surface area contributed by atoms with Crippen molar-refractivity contribution in [3.8, 4) is 0 Å². The summed E-state index contributed by atoms with van der Waals surface area (Å²) in [6.07, 6.45) is 0. The quantitative estimate of drug-likeness (QED) is 0.780. The van der Waals surface area contributed by atoms with E-state index in [0.29, 0.717) is 11.4 Å². The van der Waals surface area contributed by atoms with Gasteiger partial charge in [-0.2, -0.15) is 11.8 Å². The zero-order valence-corrected chi connectivity index (χ0v) is 11.5. The predicted octanol–water partition coefficient (Wildman–Crippen LogP) is 1.29. The van der Waals surface area contributed by atoms with Crippen LogP contribution in [0.4, 0.5) is 11.4 Å². The van der Waals surface area contributed by atoms with Gasteiger partial charge in [0.25, 0.3) is 0 Å². The fourth-order valence-corrected chi connectivity index (χ4v) is 2.77. The van der Waals surface area contributed by atoms with Gasteiger partial charge in [-0.25, -0.2) is 0 Å². The molecule has 0 aromatic heterocycles. The largest absolute Gasteiger partial charge is 0.326 e.